The van der Waals surface area contributed by atoms with Crippen LogP contribution in [-0.4, -0.2) is 59.4 Å². The summed E-state index contributed by atoms with van der Waals surface area (Å²) in [5, 5.41) is 1.07. The summed E-state index contributed by atoms with van der Waals surface area (Å²) in [6.45, 7) is 3.54. The number of piperidine rings is 1. The first-order valence-corrected chi connectivity index (χ1v) is 15.0. The third-order valence-electron chi connectivity index (χ3n) is 7.33. The van der Waals surface area contributed by atoms with Gasteiger partial charge in [-0.2, -0.15) is 0 Å². The number of carbonyl (C=O) groups is 1. The number of likely N-dealkylation sites (N-methyl/N-ethyl adjacent to an activating group) is 1. The molecule has 0 radical (unpaired) electrons. The molecule has 0 saturated carbocycles. The van der Waals surface area contributed by atoms with E-state index in [4.69, 9.17) is 23.2 Å². The Labute approximate surface area is 233 Å². The van der Waals surface area contributed by atoms with Crippen molar-refractivity contribution in [3.8, 4) is 0 Å². The summed E-state index contributed by atoms with van der Waals surface area (Å²) in [6, 6.07) is 23.3. The molecule has 0 aromatic heterocycles. The van der Waals surface area contributed by atoms with Crippen molar-refractivity contribution in [2.24, 2.45) is 0 Å². The van der Waals surface area contributed by atoms with Crippen LogP contribution in [0.2, 0.25) is 10.0 Å². The van der Waals surface area contributed by atoms with E-state index in [0.29, 0.717) is 28.1 Å². The van der Waals surface area contributed by atoms with Crippen LogP contribution in [0.5, 0.6) is 0 Å². The van der Waals surface area contributed by atoms with Crippen molar-refractivity contribution < 1.29 is 9.00 Å². The van der Waals surface area contributed by atoms with Crippen LogP contribution in [0.15, 0.2) is 77.7 Å². The van der Waals surface area contributed by atoms with Gasteiger partial charge in [-0.1, -0.05) is 65.7 Å². The Bertz CT molecular complexity index is 1230. The van der Waals surface area contributed by atoms with Gasteiger partial charge in [-0.25, -0.2) is 0 Å². The highest BCUT2D eigenvalue weighted by Gasteiger charge is 2.25. The summed E-state index contributed by atoms with van der Waals surface area (Å²) in [5.41, 5.74) is 3.02. The van der Waals surface area contributed by atoms with E-state index in [1.165, 1.54) is 5.56 Å². The number of halogens is 2. The molecule has 1 aliphatic rings. The zero-order valence-electron chi connectivity index (χ0n) is 21.4. The summed E-state index contributed by atoms with van der Waals surface area (Å²) in [5.74, 6) is 0.587. The van der Waals surface area contributed by atoms with Gasteiger partial charge in [0.25, 0.3) is 5.91 Å². The van der Waals surface area contributed by atoms with Crippen molar-refractivity contribution in [3.63, 3.8) is 0 Å². The lowest BCUT2D eigenvalue weighted by atomic mass is 9.88. The molecule has 196 valence electrons. The first-order chi connectivity index (χ1) is 17.8. The molecule has 0 aliphatic carbocycles. The van der Waals surface area contributed by atoms with E-state index in [1.54, 1.807) is 11.2 Å². The number of nitrogens with zero attached hydrogens (tertiary/aromatic N) is 2. The molecule has 4 rings (SSSR count). The molecule has 4 nitrogen and oxygen atoms in total. The maximum Gasteiger partial charge on any atom is 0.253 e. The molecule has 7 heteroatoms. The van der Waals surface area contributed by atoms with Crippen LogP contribution < -0.4 is 0 Å². The molecule has 0 spiro atoms. The molecule has 0 N–H and O–H groups in total. The number of hydrogen-bond donors (Lipinski definition) is 0. The quantitative estimate of drug-likeness (QED) is 0.289. The Morgan fingerprint density at radius 2 is 1.68 bits per heavy atom. The highest BCUT2D eigenvalue weighted by molar-refractivity contribution is 7.84. The summed E-state index contributed by atoms with van der Waals surface area (Å²) in [6.07, 6.45) is 4.78. The van der Waals surface area contributed by atoms with Crippen LogP contribution in [0.25, 0.3) is 0 Å². The van der Waals surface area contributed by atoms with E-state index in [1.807, 2.05) is 73.8 Å². The van der Waals surface area contributed by atoms with Crippen LogP contribution in [-0.2, 0) is 10.8 Å². The zero-order valence-corrected chi connectivity index (χ0v) is 23.7. The summed E-state index contributed by atoms with van der Waals surface area (Å²) in [4.78, 5) is 18.3. The third-order valence-corrected chi connectivity index (χ3v) is 9.06. The Morgan fingerprint density at radius 3 is 2.35 bits per heavy atom. The molecule has 2 unspecified atom stereocenters. The molecule has 3 aromatic rings. The Kier molecular flexibility index (Phi) is 9.83. The van der Waals surface area contributed by atoms with Crippen LogP contribution in [0.3, 0.4) is 0 Å². The molecule has 1 amide bonds. The maximum atomic E-state index is 13.0. The highest BCUT2D eigenvalue weighted by atomic mass is 35.5. The van der Waals surface area contributed by atoms with E-state index < -0.39 is 10.8 Å². The lowest BCUT2D eigenvalue weighted by Crippen LogP contribution is -2.36. The number of hydrogen-bond acceptors (Lipinski definition) is 3. The molecular formula is C30H34Cl2N2O2S. The highest BCUT2D eigenvalue weighted by Crippen LogP contribution is 2.33. The van der Waals surface area contributed by atoms with Gasteiger partial charge in [0, 0.05) is 36.2 Å². The van der Waals surface area contributed by atoms with Gasteiger partial charge in [-0.15, -0.1) is 0 Å². The molecule has 1 saturated heterocycles. The largest absolute Gasteiger partial charge is 0.341 e. The molecule has 1 aliphatic heterocycles. The molecule has 1 fully saturated rings. The van der Waals surface area contributed by atoms with E-state index >= 15 is 0 Å². The van der Waals surface area contributed by atoms with Crippen molar-refractivity contribution in [3.05, 3.63) is 99.5 Å². The van der Waals surface area contributed by atoms with Gasteiger partial charge in [0.2, 0.25) is 0 Å². The van der Waals surface area contributed by atoms with Gasteiger partial charge in [0.1, 0.15) is 0 Å². The number of benzene rings is 3. The van der Waals surface area contributed by atoms with Crippen LogP contribution in [0.4, 0.5) is 0 Å². The van der Waals surface area contributed by atoms with E-state index in [9.17, 15) is 9.00 Å². The topological polar surface area (TPSA) is 40.6 Å². The second-order valence-electron chi connectivity index (χ2n) is 9.82. The Morgan fingerprint density at radius 1 is 1.00 bits per heavy atom. The first kappa shape index (κ1) is 27.8. The fraction of sp³-hybridized carbons (Fsp3) is 0.367. The van der Waals surface area contributed by atoms with Crippen molar-refractivity contribution in [1.29, 1.82) is 0 Å². The Hall–Kier alpha value is -2.18. The van der Waals surface area contributed by atoms with Crippen molar-refractivity contribution in [2.45, 2.75) is 36.0 Å². The molecule has 2 atom stereocenters. The van der Waals surface area contributed by atoms with Crippen LogP contribution >= 0.6 is 23.2 Å². The fourth-order valence-electron chi connectivity index (χ4n) is 5.23. The second-order valence-corrected chi connectivity index (χ2v) is 12.0. The molecule has 0 bridgehead atoms. The van der Waals surface area contributed by atoms with Gasteiger partial charge < -0.3 is 9.80 Å². The normalized spacial score (nSPS) is 16.3. The number of rotatable bonds is 9. The monoisotopic (exact) mass is 556 g/mol. The molecule has 37 heavy (non-hydrogen) atoms. The lowest BCUT2D eigenvalue weighted by molar-refractivity contribution is 0.0781. The fourth-order valence-corrected chi connectivity index (χ4v) is 6.37. The van der Waals surface area contributed by atoms with Crippen molar-refractivity contribution in [2.75, 3.05) is 39.5 Å². The summed E-state index contributed by atoms with van der Waals surface area (Å²) < 4.78 is 12.2. The summed E-state index contributed by atoms with van der Waals surface area (Å²) in [7, 11) is 0.886. The number of likely N-dealkylation sites (tertiary alicyclic amines) is 1. The first-order valence-electron chi connectivity index (χ1n) is 12.7. The van der Waals surface area contributed by atoms with Crippen molar-refractivity contribution in [1.82, 2.24) is 9.80 Å². The van der Waals surface area contributed by atoms with E-state index in [2.05, 4.69) is 11.0 Å². The average molecular weight is 558 g/mol. The molecule has 1 heterocycles. The van der Waals surface area contributed by atoms with Gasteiger partial charge >= 0.3 is 0 Å². The zero-order chi connectivity index (χ0) is 26.4. The average Bonchev–Trinajstić information content (AvgIpc) is 2.92. The predicted octanol–water partition coefficient (Wildman–Crippen LogP) is 6.86. The molecular weight excluding hydrogens is 523 g/mol. The lowest BCUT2D eigenvalue weighted by Gasteiger charge is -2.34. The maximum absolute atomic E-state index is 13.0. The molecule has 3 aromatic carbocycles. The minimum absolute atomic E-state index is 0.0125. The van der Waals surface area contributed by atoms with Gasteiger partial charge in [-0.3, -0.25) is 9.00 Å². The van der Waals surface area contributed by atoms with E-state index in [-0.39, 0.29) is 11.8 Å². The van der Waals surface area contributed by atoms with Gasteiger partial charge in [-0.05, 0) is 86.3 Å². The second kappa shape index (κ2) is 13.1. The number of amides is 1. The number of carbonyl (C=O) groups excluding carboxylic acids is 1. The van der Waals surface area contributed by atoms with Crippen LogP contribution in [0.1, 0.15) is 52.6 Å². The summed E-state index contributed by atoms with van der Waals surface area (Å²) >= 11 is 12.6. The van der Waals surface area contributed by atoms with Crippen LogP contribution in [0, 0.1) is 0 Å². The van der Waals surface area contributed by atoms with Gasteiger partial charge in [0.05, 0.1) is 20.8 Å². The minimum atomic E-state index is -0.975. The predicted molar refractivity (Wildman–Crippen MR) is 154 cm³/mol. The third kappa shape index (κ3) is 7.23. The van der Waals surface area contributed by atoms with Gasteiger partial charge in [0.15, 0.2) is 0 Å². The minimum Gasteiger partial charge on any atom is -0.341 e. The smallest absolute Gasteiger partial charge is 0.253 e. The Balaban J connectivity index is 1.41. The van der Waals surface area contributed by atoms with E-state index in [0.717, 1.165) is 49.4 Å². The SMILES string of the molecule is CN(CC(CCN1CCC(c2ccccc2S(C)=O)CC1)c1ccc(Cl)c(Cl)c1)C(=O)c1ccccc1. The standard InChI is InChI=1S/C30H34Cl2N2O2S/c1-33(30(35)23-8-4-3-5-9-23)21-25(24-12-13-27(31)28(32)20-24)16-19-34-17-14-22(15-18-34)26-10-6-7-11-29(26)37(2)36/h3-13,20,22,25H,14-19,21H2,1-2H3. The van der Waals surface area contributed by atoms with Crippen molar-refractivity contribution >= 4 is 39.9 Å².